The van der Waals surface area contributed by atoms with Gasteiger partial charge in [-0.15, -0.1) is 15.3 Å². The highest BCUT2D eigenvalue weighted by Gasteiger charge is 2.18. The van der Waals surface area contributed by atoms with Crippen molar-refractivity contribution in [3.63, 3.8) is 0 Å². The van der Waals surface area contributed by atoms with E-state index in [9.17, 15) is 0 Å². The third-order valence-electron chi connectivity index (χ3n) is 3.42. The van der Waals surface area contributed by atoms with E-state index in [1.807, 2.05) is 42.5 Å². The summed E-state index contributed by atoms with van der Waals surface area (Å²) in [5.74, 6) is 1.89. The molecule has 112 valence electrons. The van der Waals surface area contributed by atoms with Gasteiger partial charge in [-0.1, -0.05) is 29.5 Å². The van der Waals surface area contributed by atoms with Crippen LogP contribution in [0.1, 0.15) is 0 Å². The Balaban J connectivity index is 1.68. The number of fused-ring (bicyclic) bond motifs is 2. The van der Waals surface area contributed by atoms with Crippen LogP contribution in [0.2, 0.25) is 0 Å². The Labute approximate surface area is 141 Å². The summed E-state index contributed by atoms with van der Waals surface area (Å²) in [4.78, 5) is 0.683. The molecule has 0 aliphatic rings. The minimum Gasteiger partial charge on any atom is -0.453 e. The topological polar surface area (TPSA) is 69.4 Å². The molecule has 5 rings (SSSR count). The van der Waals surface area contributed by atoms with Crippen molar-refractivity contribution in [3.05, 3.63) is 47.1 Å². The number of rotatable bonds is 2. The standard InChI is InChI=1S/C15H7BrN4O2S/c16-12-6-5-10(22-12)14-19-20-13(17-18-15(20)23-14)11-7-8-3-1-2-4-9(8)21-11/h1-7H. The summed E-state index contributed by atoms with van der Waals surface area (Å²) in [5.41, 5.74) is 0.810. The molecule has 0 fully saturated rings. The predicted molar refractivity (Wildman–Crippen MR) is 89.3 cm³/mol. The van der Waals surface area contributed by atoms with Crippen molar-refractivity contribution in [3.8, 4) is 22.4 Å². The number of aromatic nitrogens is 4. The Morgan fingerprint density at radius 1 is 1.00 bits per heavy atom. The zero-order valence-corrected chi connectivity index (χ0v) is 13.8. The molecule has 6 nitrogen and oxygen atoms in total. The lowest BCUT2D eigenvalue weighted by atomic mass is 10.2. The maximum atomic E-state index is 5.85. The molecule has 4 aromatic heterocycles. The molecule has 0 spiro atoms. The number of benzene rings is 1. The highest BCUT2D eigenvalue weighted by atomic mass is 79.9. The van der Waals surface area contributed by atoms with Gasteiger partial charge in [-0.3, -0.25) is 0 Å². The molecule has 8 heteroatoms. The van der Waals surface area contributed by atoms with E-state index in [0.717, 1.165) is 16.0 Å². The fourth-order valence-electron chi connectivity index (χ4n) is 2.39. The van der Waals surface area contributed by atoms with Gasteiger partial charge in [0.25, 0.3) is 0 Å². The van der Waals surface area contributed by atoms with E-state index >= 15 is 0 Å². The molecule has 0 unspecified atom stereocenters. The Hall–Kier alpha value is -2.45. The molecule has 0 N–H and O–H groups in total. The zero-order valence-electron chi connectivity index (χ0n) is 11.4. The van der Waals surface area contributed by atoms with Crippen molar-refractivity contribution in [1.29, 1.82) is 0 Å². The Kier molecular flexibility index (Phi) is 2.70. The first-order valence-corrected chi connectivity index (χ1v) is 8.36. The molecule has 0 atom stereocenters. The van der Waals surface area contributed by atoms with E-state index in [4.69, 9.17) is 8.83 Å². The van der Waals surface area contributed by atoms with Crippen molar-refractivity contribution >= 4 is 43.2 Å². The Bertz CT molecular complexity index is 1120. The maximum Gasteiger partial charge on any atom is 0.235 e. The summed E-state index contributed by atoms with van der Waals surface area (Å²) < 4.78 is 13.7. The average molecular weight is 387 g/mol. The van der Waals surface area contributed by atoms with Crippen LogP contribution in [0.5, 0.6) is 0 Å². The summed E-state index contributed by atoms with van der Waals surface area (Å²) in [5, 5.41) is 14.7. The molecular formula is C15H7BrN4O2S. The fraction of sp³-hybridized carbons (Fsp3) is 0. The van der Waals surface area contributed by atoms with Gasteiger partial charge in [0, 0.05) is 5.39 Å². The fourth-order valence-corrected chi connectivity index (χ4v) is 3.50. The third-order valence-corrected chi connectivity index (χ3v) is 4.76. The average Bonchev–Trinajstić information content (AvgIpc) is 3.28. The van der Waals surface area contributed by atoms with Crippen LogP contribution in [0.3, 0.4) is 0 Å². The quantitative estimate of drug-likeness (QED) is 0.442. The van der Waals surface area contributed by atoms with Crippen molar-refractivity contribution < 1.29 is 8.83 Å². The number of halogens is 1. The Morgan fingerprint density at radius 2 is 1.91 bits per heavy atom. The molecule has 4 heterocycles. The van der Waals surface area contributed by atoms with Gasteiger partial charge in [0.1, 0.15) is 5.58 Å². The molecular weight excluding hydrogens is 380 g/mol. The number of nitrogens with zero attached hydrogens (tertiary/aromatic N) is 4. The monoisotopic (exact) mass is 386 g/mol. The van der Waals surface area contributed by atoms with E-state index in [1.165, 1.54) is 11.3 Å². The summed E-state index contributed by atoms with van der Waals surface area (Å²) in [7, 11) is 0. The van der Waals surface area contributed by atoms with Crippen LogP contribution in [-0.2, 0) is 0 Å². The zero-order chi connectivity index (χ0) is 15.4. The van der Waals surface area contributed by atoms with E-state index in [2.05, 4.69) is 31.2 Å². The molecule has 1 aromatic carbocycles. The molecule has 5 aromatic rings. The second kappa shape index (κ2) is 4.77. The smallest absolute Gasteiger partial charge is 0.235 e. The van der Waals surface area contributed by atoms with Crippen molar-refractivity contribution in [2.75, 3.05) is 0 Å². The summed E-state index contributed by atoms with van der Waals surface area (Å²) in [6.45, 7) is 0. The SMILES string of the molecule is Brc1ccc(-c2nn3c(-c4cc5ccccc5o4)nnc3s2)o1. The van der Waals surface area contributed by atoms with E-state index < -0.39 is 0 Å². The minimum absolute atomic E-state index is 0.573. The summed E-state index contributed by atoms with van der Waals surface area (Å²) >= 11 is 4.70. The molecule has 0 amide bonds. The third kappa shape index (κ3) is 2.02. The first kappa shape index (κ1) is 13.0. The van der Waals surface area contributed by atoms with Crippen molar-refractivity contribution in [2.45, 2.75) is 0 Å². The van der Waals surface area contributed by atoms with Crippen molar-refractivity contribution in [1.82, 2.24) is 19.8 Å². The van der Waals surface area contributed by atoms with Crippen LogP contribution in [0.25, 0.3) is 38.3 Å². The van der Waals surface area contributed by atoms with Gasteiger partial charge in [-0.25, -0.2) is 0 Å². The highest BCUT2D eigenvalue weighted by Crippen LogP contribution is 2.32. The number of furan rings is 2. The van der Waals surface area contributed by atoms with Crippen LogP contribution in [0, 0.1) is 0 Å². The number of hydrogen-bond acceptors (Lipinski definition) is 6. The molecule has 0 saturated heterocycles. The van der Waals surface area contributed by atoms with Gasteiger partial charge in [0.05, 0.1) is 0 Å². The van der Waals surface area contributed by atoms with Gasteiger partial charge in [-0.2, -0.15) is 4.52 Å². The van der Waals surface area contributed by atoms with E-state index in [1.54, 1.807) is 4.52 Å². The molecule has 0 aliphatic carbocycles. The molecule has 23 heavy (non-hydrogen) atoms. The minimum atomic E-state index is 0.573. The summed E-state index contributed by atoms with van der Waals surface area (Å²) in [6, 6.07) is 13.4. The number of para-hydroxylation sites is 1. The molecule has 0 radical (unpaired) electrons. The predicted octanol–water partition coefficient (Wildman–Crippen LogP) is 4.62. The molecule has 0 saturated carbocycles. The normalized spacial score (nSPS) is 11.7. The van der Waals surface area contributed by atoms with Gasteiger partial charge >= 0.3 is 0 Å². The number of hydrogen-bond donors (Lipinski definition) is 0. The van der Waals surface area contributed by atoms with Crippen LogP contribution in [0.4, 0.5) is 0 Å². The van der Waals surface area contributed by atoms with Gasteiger partial charge in [-0.05, 0) is 40.2 Å². The van der Waals surface area contributed by atoms with Crippen LogP contribution >= 0.6 is 27.3 Å². The van der Waals surface area contributed by atoms with Crippen molar-refractivity contribution in [2.24, 2.45) is 0 Å². The van der Waals surface area contributed by atoms with Crippen LogP contribution in [0.15, 0.2) is 56.0 Å². The lowest BCUT2D eigenvalue weighted by Gasteiger charge is -1.90. The lowest BCUT2D eigenvalue weighted by molar-refractivity contribution is 0.554. The second-order valence-corrected chi connectivity index (χ2v) is 6.61. The largest absolute Gasteiger partial charge is 0.453 e. The van der Waals surface area contributed by atoms with Crippen LogP contribution < -0.4 is 0 Å². The van der Waals surface area contributed by atoms with E-state index in [0.29, 0.717) is 27.0 Å². The second-order valence-electron chi connectivity index (χ2n) is 4.88. The van der Waals surface area contributed by atoms with Gasteiger partial charge in [0.2, 0.25) is 10.8 Å². The lowest BCUT2D eigenvalue weighted by Crippen LogP contribution is -1.89. The van der Waals surface area contributed by atoms with Gasteiger partial charge in [0.15, 0.2) is 21.2 Å². The first-order chi connectivity index (χ1) is 11.3. The molecule has 0 aliphatic heterocycles. The maximum absolute atomic E-state index is 5.85. The highest BCUT2D eigenvalue weighted by molar-refractivity contribution is 9.10. The first-order valence-electron chi connectivity index (χ1n) is 6.75. The summed E-state index contributed by atoms with van der Waals surface area (Å²) in [6.07, 6.45) is 0. The Morgan fingerprint density at radius 3 is 2.74 bits per heavy atom. The molecule has 0 bridgehead atoms. The van der Waals surface area contributed by atoms with Crippen LogP contribution in [-0.4, -0.2) is 19.8 Å². The van der Waals surface area contributed by atoms with E-state index in [-0.39, 0.29) is 0 Å². The van der Waals surface area contributed by atoms with Gasteiger partial charge < -0.3 is 8.83 Å².